The number of carbonyl (C=O) groups excluding carboxylic acids is 2. The van der Waals surface area contributed by atoms with Gasteiger partial charge in [-0.2, -0.15) is 5.10 Å². The van der Waals surface area contributed by atoms with E-state index in [2.05, 4.69) is 26.0 Å². The number of hydrazine groups is 1. The number of nitrogens with one attached hydrogen (secondary N) is 3. The molecule has 0 saturated carbocycles. The van der Waals surface area contributed by atoms with Crippen molar-refractivity contribution in [2.75, 3.05) is 20.7 Å². The fourth-order valence-corrected chi connectivity index (χ4v) is 5.02. The largest absolute Gasteiger partial charge is 0.495 e. The molecule has 4 aromatic rings. The molecular weight excluding hydrogens is 512 g/mol. The van der Waals surface area contributed by atoms with Crippen LogP contribution in [0.1, 0.15) is 26.4 Å². The Morgan fingerprint density at radius 1 is 1.03 bits per heavy atom. The molecule has 38 heavy (non-hydrogen) atoms. The van der Waals surface area contributed by atoms with E-state index in [9.17, 15) is 22.8 Å². The number of hydrogen-bond acceptors (Lipinski definition) is 8. The van der Waals surface area contributed by atoms with Gasteiger partial charge < -0.3 is 4.74 Å². The van der Waals surface area contributed by atoms with Crippen LogP contribution in [-0.4, -0.2) is 60.4 Å². The third-order valence-corrected chi connectivity index (χ3v) is 7.63. The summed E-state index contributed by atoms with van der Waals surface area (Å²) in [4.78, 5) is 41.2. The van der Waals surface area contributed by atoms with Crippen LogP contribution >= 0.6 is 0 Å². The predicted molar refractivity (Wildman–Crippen MR) is 138 cm³/mol. The highest BCUT2D eigenvalue weighted by molar-refractivity contribution is 7.89. The quantitative estimate of drug-likeness (QED) is 0.283. The molecule has 12 nitrogen and oxygen atoms in total. The first-order valence-electron chi connectivity index (χ1n) is 11.3. The van der Waals surface area contributed by atoms with Crippen LogP contribution in [0.2, 0.25) is 0 Å². The predicted octanol–water partition coefficient (Wildman–Crippen LogP) is 1.26. The fourth-order valence-electron chi connectivity index (χ4n) is 3.67. The number of nitrogens with zero attached hydrogens (tertiary/aromatic N) is 3. The standard InChI is InChI=1S/C25H24N6O6S/c1-31(13-11-16-6-5-12-26-15-16)38(35,36)21-14-17(9-10-20(21)37-2)23(32)28-30-25(34)22-18-7-3-4-8-19(18)24(33)29-27-22/h3-10,12,14-15H,11,13H2,1-2H3,(H,28,32)(H,29,33)(H,30,34). The Morgan fingerprint density at radius 3 is 2.47 bits per heavy atom. The monoisotopic (exact) mass is 536 g/mol. The van der Waals surface area contributed by atoms with Crippen molar-refractivity contribution in [3.8, 4) is 5.75 Å². The van der Waals surface area contributed by atoms with Gasteiger partial charge in [0.05, 0.1) is 12.5 Å². The molecular formula is C25H24N6O6S. The van der Waals surface area contributed by atoms with E-state index in [-0.39, 0.29) is 33.8 Å². The number of methoxy groups -OCH3 is 1. The van der Waals surface area contributed by atoms with Gasteiger partial charge in [0.2, 0.25) is 10.0 Å². The maximum atomic E-state index is 13.3. The summed E-state index contributed by atoms with van der Waals surface area (Å²) in [5.41, 5.74) is 4.75. The second kappa shape index (κ2) is 11.2. The Balaban J connectivity index is 1.51. The second-order valence-electron chi connectivity index (χ2n) is 8.16. The molecule has 2 aromatic carbocycles. The van der Waals surface area contributed by atoms with Crippen LogP contribution < -0.4 is 21.1 Å². The maximum absolute atomic E-state index is 13.3. The Labute approximate surface area is 217 Å². The summed E-state index contributed by atoms with van der Waals surface area (Å²) >= 11 is 0. The Hall–Kier alpha value is -4.62. The number of pyridine rings is 1. The van der Waals surface area contributed by atoms with Crippen molar-refractivity contribution >= 4 is 32.6 Å². The van der Waals surface area contributed by atoms with Gasteiger partial charge in [-0.15, -0.1) is 0 Å². The van der Waals surface area contributed by atoms with Gasteiger partial charge in [-0.05, 0) is 42.3 Å². The van der Waals surface area contributed by atoms with Crippen LogP contribution in [-0.2, 0) is 16.4 Å². The number of fused-ring (bicyclic) bond motifs is 1. The fraction of sp³-hybridized carbons (Fsp3) is 0.160. The van der Waals surface area contributed by atoms with E-state index in [1.807, 2.05) is 6.07 Å². The molecule has 196 valence electrons. The van der Waals surface area contributed by atoms with Gasteiger partial charge in [-0.25, -0.2) is 17.8 Å². The molecule has 3 N–H and O–H groups in total. The van der Waals surface area contributed by atoms with Gasteiger partial charge in [0, 0.05) is 36.9 Å². The minimum absolute atomic E-state index is 0.0374. The van der Waals surface area contributed by atoms with E-state index in [1.165, 1.54) is 38.4 Å². The number of benzene rings is 2. The molecule has 0 aliphatic carbocycles. The topological polar surface area (TPSA) is 163 Å². The number of amides is 2. The van der Waals surface area contributed by atoms with Gasteiger partial charge in [0.1, 0.15) is 10.6 Å². The van der Waals surface area contributed by atoms with E-state index in [1.54, 1.807) is 36.7 Å². The number of hydrogen-bond donors (Lipinski definition) is 3. The molecule has 2 heterocycles. The smallest absolute Gasteiger partial charge is 0.290 e. The molecule has 0 atom stereocenters. The average Bonchev–Trinajstić information content (AvgIpc) is 2.94. The molecule has 0 bridgehead atoms. The highest BCUT2D eigenvalue weighted by Crippen LogP contribution is 2.27. The van der Waals surface area contributed by atoms with Crippen molar-refractivity contribution in [3.63, 3.8) is 0 Å². The molecule has 4 rings (SSSR count). The molecule has 0 saturated heterocycles. The first-order chi connectivity index (χ1) is 18.2. The van der Waals surface area contributed by atoms with Crippen molar-refractivity contribution in [3.05, 3.63) is 94.2 Å². The van der Waals surface area contributed by atoms with Gasteiger partial charge in [0.15, 0.2) is 5.69 Å². The number of likely N-dealkylation sites (N-methyl/N-ethyl adjacent to an activating group) is 1. The lowest BCUT2D eigenvalue weighted by Crippen LogP contribution is -2.42. The second-order valence-corrected chi connectivity index (χ2v) is 10.2. The van der Waals surface area contributed by atoms with Crippen molar-refractivity contribution in [2.24, 2.45) is 0 Å². The zero-order valence-corrected chi connectivity index (χ0v) is 21.3. The van der Waals surface area contributed by atoms with E-state index in [0.29, 0.717) is 11.8 Å². The maximum Gasteiger partial charge on any atom is 0.290 e. The van der Waals surface area contributed by atoms with Crippen LogP contribution in [0, 0.1) is 0 Å². The normalized spacial score (nSPS) is 11.3. The van der Waals surface area contributed by atoms with Crippen LogP contribution in [0.15, 0.2) is 76.7 Å². The molecule has 0 aliphatic rings. The number of carbonyl (C=O) groups is 2. The summed E-state index contributed by atoms with van der Waals surface area (Å²) in [7, 11) is -1.28. The lowest BCUT2D eigenvalue weighted by Gasteiger charge is -2.19. The number of H-pyrrole nitrogens is 1. The molecule has 0 spiro atoms. The average molecular weight is 537 g/mol. The van der Waals surface area contributed by atoms with Crippen LogP contribution in [0.5, 0.6) is 5.75 Å². The summed E-state index contributed by atoms with van der Waals surface area (Å²) < 4.78 is 33.0. The Morgan fingerprint density at radius 2 is 1.76 bits per heavy atom. The van der Waals surface area contributed by atoms with Crippen molar-refractivity contribution in [2.45, 2.75) is 11.3 Å². The number of ether oxygens (including phenoxy) is 1. The summed E-state index contributed by atoms with van der Waals surface area (Å²) in [5, 5.41) is 6.58. The van der Waals surface area contributed by atoms with E-state index in [4.69, 9.17) is 4.74 Å². The Kier molecular flexibility index (Phi) is 7.79. The minimum Gasteiger partial charge on any atom is -0.495 e. The third kappa shape index (κ3) is 5.53. The zero-order valence-electron chi connectivity index (χ0n) is 20.5. The number of aromatic nitrogens is 3. The molecule has 0 unspecified atom stereocenters. The summed E-state index contributed by atoms with van der Waals surface area (Å²) in [6, 6.07) is 13.9. The summed E-state index contributed by atoms with van der Waals surface area (Å²) in [6.45, 7) is 0.170. The number of aromatic amines is 1. The van der Waals surface area contributed by atoms with E-state index < -0.39 is 27.4 Å². The third-order valence-electron chi connectivity index (χ3n) is 5.75. The highest BCUT2D eigenvalue weighted by atomic mass is 32.2. The number of rotatable bonds is 8. The van der Waals surface area contributed by atoms with Crippen LogP contribution in [0.3, 0.4) is 0 Å². The molecule has 2 aromatic heterocycles. The molecule has 13 heteroatoms. The minimum atomic E-state index is -4.03. The van der Waals surface area contributed by atoms with Gasteiger partial charge >= 0.3 is 0 Å². The highest BCUT2D eigenvalue weighted by Gasteiger charge is 2.26. The summed E-state index contributed by atoms with van der Waals surface area (Å²) in [5.74, 6) is -1.49. The Bertz CT molecular complexity index is 1660. The first-order valence-corrected chi connectivity index (χ1v) is 12.8. The van der Waals surface area contributed by atoms with Gasteiger partial charge in [-0.3, -0.25) is 30.2 Å². The summed E-state index contributed by atoms with van der Waals surface area (Å²) in [6.07, 6.45) is 3.73. The van der Waals surface area contributed by atoms with Gasteiger partial charge in [-0.1, -0.05) is 24.3 Å². The lowest BCUT2D eigenvalue weighted by atomic mass is 10.1. The SMILES string of the molecule is COc1ccc(C(=O)NNC(=O)c2n[nH]c(=O)c3ccccc23)cc1S(=O)(=O)N(C)CCc1cccnc1. The van der Waals surface area contributed by atoms with E-state index >= 15 is 0 Å². The lowest BCUT2D eigenvalue weighted by molar-refractivity contribution is 0.0844. The molecule has 2 amide bonds. The number of sulfonamides is 1. The van der Waals surface area contributed by atoms with E-state index in [0.717, 1.165) is 9.87 Å². The van der Waals surface area contributed by atoms with Crippen LogP contribution in [0.25, 0.3) is 10.8 Å². The zero-order chi connectivity index (χ0) is 27.3. The van der Waals surface area contributed by atoms with Gasteiger partial charge in [0.25, 0.3) is 17.4 Å². The van der Waals surface area contributed by atoms with Crippen molar-refractivity contribution in [1.29, 1.82) is 0 Å². The molecule has 0 aliphatic heterocycles. The van der Waals surface area contributed by atoms with Crippen molar-refractivity contribution in [1.82, 2.24) is 30.3 Å². The van der Waals surface area contributed by atoms with Crippen molar-refractivity contribution < 1.29 is 22.7 Å². The first kappa shape index (κ1) is 26.4. The molecule has 0 fully saturated rings. The molecule has 0 radical (unpaired) electrons. The van der Waals surface area contributed by atoms with Crippen LogP contribution in [0.4, 0.5) is 0 Å².